The molecular formula is C25H27FN2S. The molecule has 0 N–H and O–H groups in total. The molecule has 0 radical (unpaired) electrons. The van der Waals surface area contributed by atoms with Gasteiger partial charge in [-0.05, 0) is 73.6 Å². The molecule has 0 fully saturated rings. The average Bonchev–Trinajstić information content (AvgIpc) is 2.69. The van der Waals surface area contributed by atoms with E-state index in [0.717, 1.165) is 23.2 Å². The quantitative estimate of drug-likeness (QED) is 0.438. The van der Waals surface area contributed by atoms with Crippen molar-refractivity contribution in [1.82, 2.24) is 4.98 Å². The Hall–Kier alpha value is -2.33. The number of halogens is 1. The van der Waals surface area contributed by atoms with E-state index in [2.05, 4.69) is 68.4 Å². The molecule has 0 bridgehead atoms. The molecule has 2 aromatic carbocycles. The van der Waals surface area contributed by atoms with Crippen molar-refractivity contribution in [3.63, 3.8) is 0 Å². The highest BCUT2D eigenvalue weighted by molar-refractivity contribution is 7.99. The Balaban J connectivity index is 2.12. The molecule has 4 rings (SSSR count). The van der Waals surface area contributed by atoms with E-state index in [0.29, 0.717) is 6.54 Å². The van der Waals surface area contributed by atoms with Crippen LogP contribution in [0.1, 0.15) is 40.3 Å². The lowest BCUT2D eigenvalue weighted by atomic mass is 9.81. The first-order valence-electron chi connectivity index (χ1n) is 10.1. The summed E-state index contributed by atoms with van der Waals surface area (Å²) < 4.78 is 16.2. The van der Waals surface area contributed by atoms with E-state index < -0.39 is 0 Å². The van der Waals surface area contributed by atoms with Gasteiger partial charge in [-0.2, -0.15) is 0 Å². The Morgan fingerprint density at radius 2 is 1.83 bits per heavy atom. The largest absolute Gasteiger partial charge is 0.311 e. The van der Waals surface area contributed by atoms with E-state index in [4.69, 9.17) is 0 Å². The molecule has 0 amide bonds. The monoisotopic (exact) mass is 406 g/mol. The van der Waals surface area contributed by atoms with Gasteiger partial charge in [-0.3, -0.25) is 4.98 Å². The molecule has 1 aliphatic rings. The fourth-order valence-electron chi connectivity index (χ4n) is 4.77. The van der Waals surface area contributed by atoms with Gasteiger partial charge in [-0.1, -0.05) is 42.6 Å². The topological polar surface area (TPSA) is 16.1 Å². The van der Waals surface area contributed by atoms with Gasteiger partial charge < -0.3 is 4.31 Å². The highest BCUT2D eigenvalue weighted by atomic mass is 32.2. The third-order valence-corrected chi connectivity index (χ3v) is 6.81. The van der Waals surface area contributed by atoms with E-state index in [1.54, 1.807) is 18.0 Å². The van der Waals surface area contributed by atoms with Crippen LogP contribution >= 0.6 is 11.9 Å². The van der Waals surface area contributed by atoms with Gasteiger partial charge in [-0.15, -0.1) is 0 Å². The molecule has 0 saturated carbocycles. The van der Waals surface area contributed by atoms with Gasteiger partial charge in [0, 0.05) is 17.4 Å². The molecule has 0 atom stereocenters. The molecule has 0 unspecified atom stereocenters. The van der Waals surface area contributed by atoms with Crippen LogP contribution in [-0.2, 0) is 13.0 Å². The first kappa shape index (κ1) is 20.0. The molecule has 0 aliphatic carbocycles. The fourth-order valence-corrected chi connectivity index (χ4v) is 5.44. The lowest BCUT2D eigenvalue weighted by Crippen LogP contribution is -2.23. The summed E-state index contributed by atoms with van der Waals surface area (Å²) >= 11 is 1.69. The molecule has 1 aliphatic heterocycles. The lowest BCUT2D eigenvalue weighted by molar-refractivity contribution is 0.618. The van der Waals surface area contributed by atoms with Crippen LogP contribution < -0.4 is 4.31 Å². The molecular weight excluding hydrogens is 379 g/mol. The zero-order chi connectivity index (χ0) is 20.9. The molecule has 4 heteroatoms. The third kappa shape index (κ3) is 3.14. The maximum atomic E-state index is 13.9. The summed E-state index contributed by atoms with van der Waals surface area (Å²) in [5, 5.41) is 0. The maximum Gasteiger partial charge on any atom is 0.141 e. The number of hydrogen-bond donors (Lipinski definition) is 0. The first-order chi connectivity index (χ1) is 13.9. The van der Waals surface area contributed by atoms with Crippen LogP contribution in [0.25, 0.3) is 22.4 Å². The van der Waals surface area contributed by atoms with Gasteiger partial charge in [-0.25, -0.2) is 4.39 Å². The standard InChI is InChI=1S/C25H27FN2S/c1-7-20-16(4)25-23(17(5)22(20)21-9-8-14(2)10-15(21)3)24-18(13-28(25)29-6)11-19(26)12-27-24/h8-12H,7,13H2,1-6H3. The lowest BCUT2D eigenvalue weighted by Gasteiger charge is -2.35. The van der Waals surface area contributed by atoms with E-state index in [9.17, 15) is 4.39 Å². The number of benzene rings is 2. The molecule has 1 aromatic heterocycles. The molecule has 0 spiro atoms. The van der Waals surface area contributed by atoms with Crippen molar-refractivity contribution in [1.29, 1.82) is 0 Å². The van der Waals surface area contributed by atoms with Crippen molar-refractivity contribution in [3.8, 4) is 22.4 Å². The molecule has 29 heavy (non-hydrogen) atoms. The number of aromatic nitrogens is 1. The summed E-state index contributed by atoms with van der Waals surface area (Å²) in [6, 6.07) is 8.31. The van der Waals surface area contributed by atoms with E-state index in [1.165, 1.54) is 50.8 Å². The van der Waals surface area contributed by atoms with Crippen molar-refractivity contribution in [2.45, 2.75) is 47.6 Å². The van der Waals surface area contributed by atoms with E-state index in [-0.39, 0.29) is 5.82 Å². The zero-order valence-electron chi connectivity index (χ0n) is 18.0. The number of hydrogen-bond acceptors (Lipinski definition) is 3. The Bertz CT molecular complexity index is 1120. The zero-order valence-corrected chi connectivity index (χ0v) is 18.8. The number of rotatable bonds is 3. The first-order valence-corrected chi connectivity index (χ1v) is 11.3. The summed E-state index contributed by atoms with van der Waals surface area (Å²) in [5.41, 5.74) is 13.3. The van der Waals surface area contributed by atoms with Crippen LogP contribution in [0.3, 0.4) is 0 Å². The summed E-state index contributed by atoms with van der Waals surface area (Å²) in [4.78, 5) is 4.55. The van der Waals surface area contributed by atoms with Crippen LogP contribution in [0.5, 0.6) is 0 Å². The van der Waals surface area contributed by atoms with Crippen molar-refractivity contribution < 1.29 is 4.39 Å². The minimum Gasteiger partial charge on any atom is -0.311 e. The number of fused-ring (bicyclic) bond motifs is 3. The fraction of sp³-hybridized carbons (Fsp3) is 0.320. The summed E-state index contributed by atoms with van der Waals surface area (Å²) in [6.07, 6.45) is 4.39. The number of anilines is 1. The molecule has 2 nitrogen and oxygen atoms in total. The molecule has 3 aromatic rings. The summed E-state index contributed by atoms with van der Waals surface area (Å²) in [6.45, 7) is 11.6. The van der Waals surface area contributed by atoms with Gasteiger partial charge in [0.15, 0.2) is 0 Å². The number of pyridine rings is 1. The Morgan fingerprint density at radius 1 is 1.07 bits per heavy atom. The molecule has 0 saturated heterocycles. The SMILES string of the molecule is CCc1c(C)c2c(c(C)c1-c1ccc(C)cc1C)-c1ncc(F)cc1CN2SC. The predicted molar refractivity (Wildman–Crippen MR) is 123 cm³/mol. The van der Waals surface area contributed by atoms with Crippen LogP contribution in [0.4, 0.5) is 10.1 Å². The minimum absolute atomic E-state index is 0.276. The minimum atomic E-state index is -0.276. The van der Waals surface area contributed by atoms with Crippen LogP contribution in [0.15, 0.2) is 30.5 Å². The smallest absolute Gasteiger partial charge is 0.141 e. The Morgan fingerprint density at radius 3 is 2.48 bits per heavy atom. The normalized spacial score (nSPS) is 12.7. The van der Waals surface area contributed by atoms with Crippen molar-refractivity contribution in [2.75, 3.05) is 10.6 Å². The van der Waals surface area contributed by atoms with E-state index >= 15 is 0 Å². The van der Waals surface area contributed by atoms with Crippen LogP contribution in [0.2, 0.25) is 0 Å². The summed E-state index contributed by atoms with van der Waals surface area (Å²) in [5.74, 6) is -0.276. The second-order valence-electron chi connectivity index (χ2n) is 7.88. The van der Waals surface area contributed by atoms with Gasteiger partial charge in [0.05, 0.1) is 24.1 Å². The third-order valence-electron chi connectivity index (χ3n) is 6.06. The van der Waals surface area contributed by atoms with Crippen molar-refractivity contribution in [3.05, 3.63) is 69.7 Å². The number of aryl methyl sites for hydroxylation is 2. The second kappa shape index (κ2) is 7.49. The van der Waals surface area contributed by atoms with Gasteiger partial charge in [0.2, 0.25) is 0 Å². The highest BCUT2D eigenvalue weighted by Crippen LogP contribution is 2.49. The summed E-state index contributed by atoms with van der Waals surface area (Å²) in [7, 11) is 0. The van der Waals surface area contributed by atoms with Gasteiger partial charge in [0.1, 0.15) is 5.82 Å². The van der Waals surface area contributed by atoms with Crippen LogP contribution in [0, 0.1) is 33.5 Å². The maximum absolute atomic E-state index is 13.9. The molecule has 150 valence electrons. The van der Waals surface area contributed by atoms with Crippen molar-refractivity contribution >= 4 is 17.6 Å². The van der Waals surface area contributed by atoms with Gasteiger partial charge >= 0.3 is 0 Å². The van der Waals surface area contributed by atoms with E-state index in [1.807, 2.05) is 0 Å². The van der Waals surface area contributed by atoms with Crippen LogP contribution in [-0.4, -0.2) is 11.2 Å². The Labute approximate surface area is 177 Å². The van der Waals surface area contributed by atoms with Gasteiger partial charge in [0.25, 0.3) is 0 Å². The highest BCUT2D eigenvalue weighted by Gasteiger charge is 2.30. The second-order valence-corrected chi connectivity index (χ2v) is 8.69. The van der Waals surface area contributed by atoms with Crippen molar-refractivity contribution in [2.24, 2.45) is 0 Å². The average molecular weight is 407 g/mol. The predicted octanol–water partition coefficient (Wildman–Crippen LogP) is 6.95. The molecule has 2 heterocycles. The number of nitrogens with zero attached hydrogens (tertiary/aromatic N) is 2. The Kier molecular flexibility index (Phi) is 5.16.